The Morgan fingerprint density at radius 1 is 1.18 bits per heavy atom. The van der Waals surface area contributed by atoms with Crippen LogP contribution >= 0.6 is 11.3 Å². The molecule has 3 heterocycles. The third-order valence-corrected chi connectivity index (χ3v) is 9.12. The molecule has 3 aromatic rings. The smallest absolute Gasteiger partial charge is 0.269 e. The number of anilines is 1. The minimum absolute atomic E-state index is 0.0449. The molecule has 1 atom stereocenters. The number of benzene rings is 1. The zero-order valence-electron chi connectivity index (χ0n) is 18.2. The molecule has 1 amide bonds. The molecule has 2 N–H and O–H groups in total. The van der Waals surface area contributed by atoms with Crippen LogP contribution in [0.2, 0.25) is 0 Å². The first kappa shape index (κ1) is 22.1. The molecule has 1 saturated carbocycles. The van der Waals surface area contributed by atoms with Crippen LogP contribution in [0.15, 0.2) is 36.5 Å². The second kappa shape index (κ2) is 8.88. The summed E-state index contributed by atoms with van der Waals surface area (Å²) in [5, 5.41) is 6.57. The van der Waals surface area contributed by atoms with E-state index in [0.29, 0.717) is 24.6 Å². The molecule has 0 spiro atoms. The number of nitrogens with one attached hydrogen (secondary N) is 2. The molecule has 2 aliphatic rings. The first-order chi connectivity index (χ1) is 15.9. The van der Waals surface area contributed by atoms with Gasteiger partial charge in [0.25, 0.3) is 5.91 Å². The maximum Gasteiger partial charge on any atom is 0.269 e. The maximum absolute atomic E-state index is 12.6. The predicted octanol–water partition coefficient (Wildman–Crippen LogP) is 3.21. The van der Waals surface area contributed by atoms with Crippen LogP contribution in [-0.4, -0.2) is 60.0 Å². The number of pyridine rings is 1. The normalized spacial score (nSPS) is 19.4. The summed E-state index contributed by atoms with van der Waals surface area (Å²) in [5.74, 6) is 0.872. The van der Waals surface area contributed by atoms with Gasteiger partial charge in [0.1, 0.15) is 17.2 Å². The Morgan fingerprint density at radius 2 is 2.00 bits per heavy atom. The third-order valence-electron chi connectivity index (χ3n) is 5.80. The number of amides is 1. The first-order valence-corrected chi connectivity index (χ1v) is 13.3. The molecule has 174 valence electrons. The lowest BCUT2D eigenvalue weighted by atomic mass is 10.1. The zero-order valence-corrected chi connectivity index (χ0v) is 19.8. The molecule has 33 heavy (non-hydrogen) atoms. The van der Waals surface area contributed by atoms with Gasteiger partial charge in [-0.15, -0.1) is 0 Å². The Hall–Kier alpha value is -2.76. The lowest BCUT2D eigenvalue weighted by Gasteiger charge is -2.32. The monoisotopic (exact) mass is 487 g/mol. The number of hydrogen-bond acceptors (Lipinski definition) is 8. The van der Waals surface area contributed by atoms with Crippen molar-refractivity contribution in [2.24, 2.45) is 0 Å². The molecule has 1 aliphatic heterocycles. The summed E-state index contributed by atoms with van der Waals surface area (Å²) < 4.78 is 33.7. The van der Waals surface area contributed by atoms with Gasteiger partial charge in [-0.25, -0.2) is 13.4 Å². The third kappa shape index (κ3) is 4.80. The maximum atomic E-state index is 12.6. The van der Waals surface area contributed by atoms with Crippen molar-refractivity contribution in [2.45, 2.75) is 37.0 Å². The SMILES string of the molecule is CNC(=O)c1cc(Oc2ccc3nc(N[C@H]4CCCN(S(=O)(=O)C5CC5)C4)sc3c2)ccn1. The zero-order chi connectivity index (χ0) is 23.0. The van der Waals surface area contributed by atoms with Crippen molar-refractivity contribution in [1.29, 1.82) is 0 Å². The Morgan fingerprint density at radius 3 is 2.79 bits per heavy atom. The van der Waals surface area contributed by atoms with Crippen molar-refractivity contribution in [3.8, 4) is 11.5 Å². The topological polar surface area (TPSA) is 114 Å². The van der Waals surface area contributed by atoms with E-state index in [-0.39, 0.29) is 22.9 Å². The number of piperidine rings is 1. The van der Waals surface area contributed by atoms with Crippen molar-refractivity contribution in [3.05, 3.63) is 42.2 Å². The van der Waals surface area contributed by atoms with Crippen molar-refractivity contribution >= 4 is 42.6 Å². The lowest BCUT2D eigenvalue weighted by molar-refractivity contribution is 0.0958. The second-order valence-corrected chi connectivity index (χ2v) is 11.5. The number of thiazole rings is 1. The summed E-state index contributed by atoms with van der Waals surface area (Å²) in [6.07, 6.45) is 4.86. The van der Waals surface area contributed by atoms with Gasteiger partial charge >= 0.3 is 0 Å². The summed E-state index contributed by atoms with van der Waals surface area (Å²) in [6, 6.07) is 8.95. The van der Waals surface area contributed by atoms with Gasteiger partial charge in [0.15, 0.2) is 5.13 Å². The van der Waals surface area contributed by atoms with Crippen LogP contribution in [0.5, 0.6) is 11.5 Å². The molecule has 1 aromatic carbocycles. The molecule has 9 nitrogen and oxygen atoms in total. The van der Waals surface area contributed by atoms with Crippen LogP contribution in [0, 0.1) is 0 Å². The number of rotatable bonds is 7. The minimum Gasteiger partial charge on any atom is -0.457 e. The summed E-state index contributed by atoms with van der Waals surface area (Å²) in [4.78, 5) is 20.5. The summed E-state index contributed by atoms with van der Waals surface area (Å²) >= 11 is 1.51. The Bertz CT molecular complexity index is 1290. The standard InChI is InChI=1S/C22H25N5O4S2/c1-23-21(28)19-11-16(8-9-24-19)31-15-4-7-18-20(12-15)32-22(26-18)25-14-3-2-10-27(13-14)33(29,30)17-5-6-17/h4,7-9,11-12,14,17H,2-3,5-6,10,13H2,1H3,(H,23,28)(H,25,26)/t14-/m0/s1. The predicted molar refractivity (Wildman–Crippen MR) is 127 cm³/mol. The van der Waals surface area contributed by atoms with Crippen molar-refractivity contribution in [3.63, 3.8) is 0 Å². The highest BCUT2D eigenvalue weighted by atomic mass is 32.2. The molecule has 0 bridgehead atoms. The van der Waals surface area contributed by atoms with E-state index >= 15 is 0 Å². The molecule has 1 aliphatic carbocycles. The van der Waals surface area contributed by atoms with Gasteiger partial charge in [0, 0.05) is 44.5 Å². The Labute approximate surface area is 196 Å². The van der Waals surface area contributed by atoms with E-state index in [4.69, 9.17) is 4.74 Å². The Balaban J connectivity index is 1.28. The van der Waals surface area contributed by atoms with Crippen LogP contribution in [0.25, 0.3) is 10.2 Å². The number of ether oxygens (including phenoxy) is 1. The fourth-order valence-corrected chi connectivity index (χ4v) is 6.83. The molecule has 0 radical (unpaired) electrons. The molecule has 2 fully saturated rings. The van der Waals surface area contributed by atoms with Gasteiger partial charge in [-0.05, 0) is 43.9 Å². The highest BCUT2D eigenvalue weighted by Gasteiger charge is 2.41. The molecule has 11 heteroatoms. The first-order valence-electron chi connectivity index (χ1n) is 10.9. The number of carbonyl (C=O) groups is 1. The van der Waals surface area contributed by atoms with E-state index in [2.05, 4.69) is 20.6 Å². The van der Waals surface area contributed by atoms with Crippen molar-refractivity contribution < 1.29 is 17.9 Å². The highest BCUT2D eigenvalue weighted by Crippen LogP contribution is 2.34. The summed E-state index contributed by atoms with van der Waals surface area (Å²) in [6.45, 7) is 1.09. The van der Waals surface area contributed by atoms with Gasteiger partial charge in [0.2, 0.25) is 10.0 Å². The molecular formula is C22H25N5O4S2. The summed E-state index contributed by atoms with van der Waals surface area (Å²) in [5.41, 5.74) is 1.12. The van der Waals surface area contributed by atoms with E-state index < -0.39 is 10.0 Å². The lowest BCUT2D eigenvalue weighted by Crippen LogP contribution is -2.46. The van der Waals surface area contributed by atoms with E-state index in [0.717, 1.165) is 41.0 Å². The molecule has 2 aromatic heterocycles. The fraction of sp³-hybridized carbons (Fsp3) is 0.409. The number of carbonyl (C=O) groups excluding carboxylic acids is 1. The quantitative estimate of drug-likeness (QED) is 0.526. The number of fused-ring (bicyclic) bond motifs is 1. The van der Waals surface area contributed by atoms with E-state index in [9.17, 15) is 13.2 Å². The van der Waals surface area contributed by atoms with Crippen LogP contribution < -0.4 is 15.4 Å². The molecular weight excluding hydrogens is 462 g/mol. The Kier molecular flexibility index (Phi) is 5.94. The van der Waals surface area contributed by atoms with Crippen LogP contribution in [0.4, 0.5) is 5.13 Å². The van der Waals surface area contributed by atoms with Crippen molar-refractivity contribution in [1.82, 2.24) is 19.6 Å². The van der Waals surface area contributed by atoms with Gasteiger partial charge in [-0.3, -0.25) is 9.78 Å². The molecule has 1 saturated heterocycles. The van der Waals surface area contributed by atoms with Gasteiger partial charge < -0.3 is 15.4 Å². The van der Waals surface area contributed by atoms with E-state index in [1.807, 2.05) is 18.2 Å². The van der Waals surface area contributed by atoms with Gasteiger partial charge in [-0.1, -0.05) is 11.3 Å². The second-order valence-electron chi connectivity index (χ2n) is 8.29. The largest absolute Gasteiger partial charge is 0.457 e. The number of aromatic nitrogens is 2. The van der Waals surface area contributed by atoms with Crippen LogP contribution in [0.1, 0.15) is 36.2 Å². The van der Waals surface area contributed by atoms with Crippen LogP contribution in [-0.2, 0) is 10.0 Å². The number of hydrogen-bond donors (Lipinski definition) is 2. The molecule has 0 unspecified atom stereocenters. The number of sulfonamides is 1. The van der Waals surface area contributed by atoms with Crippen LogP contribution in [0.3, 0.4) is 0 Å². The van der Waals surface area contributed by atoms with Gasteiger partial charge in [0.05, 0.1) is 15.5 Å². The van der Waals surface area contributed by atoms with Gasteiger partial charge in [-0.2, -0.15) is 4.31 Å². The minimum atomic E-state index is -3.15. The molecule has 5 rings (SSSR count). The average Bonchev–Trinajstić information content (AvgIpc) is 3.61. The van der Waals surface area contributed by atoms with E-state index in [1.54, 1.807) is 23.5 Å². The van der Waals surface area contributed by atoms with E-state index in [1.165, 1.54) is 17.5 Å². The fourth-order valence-electron chi connectivity index (χ4n) is 3.94. The average molecular weight is 488 g/mol. The highest BCUT2D eigenvalue weighted by molar-refractivity contribution is 7.90. The summed E-state index contributed by atoms with van der Waals surface area (Å²) in [7, 11) is -1.60. The van der Waals surface area contributed by atoms with Crippen molar-refractivity contribution in [2.75, 3.05) is 25.5 Å². The number of nitrogens with zero attached hydrogens (tertiary/aromatic N) is 3.